The minimum Gasteiger partial charge on any atom is -0.295 e. The van der Waals surface area contributed by atoms with Crippen molar-refractivity contribution in [1.82, 2.24) is 0 Å². The summed E-state index contributed by atoms with van der Waals surface area (Å²) in [5.74, 6) is -0.318. The molecule has 0 aliphatic carbocycles. The summed E-state index contributed by atoms with van der Waals surface area (Å²) in [5, 5.41) is -0.989. The van der Waals surface area contributed by atoms with Crippen molar-refractivity contribution in [2.24, 2.45) is 0 Å². The van der Waals surface area contributed by atoms with E-state index in [9.17, 15) is 13.2 Å². The number of allylic oxidation sites excluding steroid dienone is 1. The molecule has 0 fully saturated rings. The van der Waals surface area contributed by atoms with Crippen LogP contribution in [0.4, 0.5) is 0 Å². The third kappa shape index (κ3) is 4.53. The maximum absolute atomic E-state index is 11.2. The molecular weight excluding hydrogens is 204 g/mol. The Morgan fingerprint density at radius 1 is 1.50 bits per heavy atom. The van der Waals surface area contributed by atoms with Crippen LogP contribution in [0.2, 0.25) is 0 Å². The van der Waals surface area contributed by atoms with Crippen molar-refractivity contribution in [3.05, 3.63) is 12.2 Å². The minimum absolute atomic E-state index is 0.179. The summed E-state index contributed by atoms with van der Waals surface area (Å²) in [6, 6.07) is 0. The Bertz CT molecular complexity index is 316. The molecule has 0 aliphatic rings. The second-order valence-corrected chi connectivity index (χ2v) is 5.03. The van der Waals surface area contributed by atoms with Crippen LogP contribution >= 0.6 is 0 Å². The average molecular weight is 220 g/mol. The van der Waals surface area contributed by atoms with Gasteiger partial charge in [0.2, 0.25) is 0 Å². The number of ketones is 1. The third-order valence-electron chi connectivity index (χ3n) is 1.92. The van der Waals surface area contributed by atoms with Gasteiger partial charge in [0.1, 0.15) is 0 Å². The van der Waals surface area contributed by atoms with Gasteiger partial charge in [0.15, 0.2) is 5.78 Å². The van der Waals surface area contributed by atoms with Gasteiger partial charge >= 0.3 is 0 Å². The van der Waals surface area contributed by atoms with Gasteiger partial charge in [-0.05, 0) is 18.9 Å². The predicted molar refractivity (Wildman–Crippen MR) is 54.7 cm³/mol. The molecule has 0 aromatic rings. The molecule has 0 heterocycles. The van der Waals surface area contributed by atoms with E-state index in [-0.39, 0.29) is 18.6 Å². The highest BCUT2D eigenvalue weighted by Crippen LogP contribution is 2.13. The lowest BCUT2D eigenvalue weighted by molar-refractivity contribution is -0.115. The van der Waals surface area contributed by atoms with Gasteiger partial charge in [0, 0.05) is 6.42 Å². The van der Waals surface area contributed by atoms with Gasteiger partial charge in [-0.2, -0.15) is 8.42 Å². The molecular formula is C9H16O4S. The lowest BCUT2D eigenvalue weighted by Gasteiger charge is -2.11. The van der Waals surface area contributed by atoms with Crippen molar-refractivity contribution in [3.63, 3.8) is 0 Å². The van der Waals surface area contributed by atoms with Crippen LogP contribution in [-0.2, 0) is 14.9 Å². The van der Waals surface area contributed by atoms with Crippen LogP contribution in [0.5, 0.6) is 0 Å². The number of carbonyl (C=O) groups excluding carboxylic acids is 1. The molecule has 1 unspecified atom stereocenters. The summed E-state index contributed by atoms with van der Waals surface area (Å²) >= 11 is 0. The molecule has 14 heavy (non-hydrogen) atoms. The van der Waals surface area contributed by atoms with E-state index >= 15 is 0 Å². The van der Waals surface area contributed by atoms with Crippen LogP contribution < -0.4 is 0 Å². The Morgan fingerprint density at radius 2 is 2.00 bits per heavy atom. The fraction of sp³-hybridized carbons (Fsp3) is 0.667. The van der Waals surface area contributed by atoms with E-state index < -0.39 is 15.4 Å². The van der Waals surface area contributed by atoms with E-state index in [1.165, 1.54) is 6.92 Å². The average Bonchev–Trinajstić information content (AvgIpc) is 2.01. The predicted octanol–water partition coefficient (Wildman–Crippen LogP) is 1.58. The maximum Gasteiger partial charge on any atom is 0.268 e. The largest absolute Gasteiger partial charge is 0.295 e. The Labute approximate surface area is 84.8 Å². The lowest BCUT2D eigenvalue weighted by Crippen LogP contribution is -2.24. The first kappa shape index (κ1) is 13.3. The molecule has 0 aromatic heterocycles. The van der Waals surface area contributed by atoms with E-state index in [2.05, 4.69) is 6.58 Å². The first-order valence-electron chi connectivity index (χ1n) is 4.44. The standard InChI is InChI=1S/C9H16O4S/c1-4-5-8(14(11,12)13)6-9(10)7(2)3/h8H,2,4-6H2,1,3H3,(H,11,12,13). The van der Waals surface area contributed by atoms with Crippen molar-refractivity contribution in [2.75, 3.05) is 0 Å². The van der Waals surface area contributed by atoms with Crippen molar-refractivity contribution in [1.29, 1.82) is 0 Å². The Balaban J connectivity index is 4.55. The molecule has 4 nitrogen and oxygen atoms in total. The fourth-order valence-electron chi connectivity index (χ4n) is 1.06. The van der Waals surface area contributed by atoms with Crippen LogP contribution in [0.1, 0.15) is 33.1 Å². The molecule has 0 aliphatic heterocycles. The number of Topliss-reactive ketones (excluding diaryl/α,β-unsaturated/α-hetero) is 1. The van der Waals surface area contributed by atoms with Crippen molar-refractivity contribution >= 4 is 15.9 Å². The van der Waals surface area contributed by atoms with Crippen molar-refractivity contribution in [3.8, 4) is 0 Å². The van der Waals surface area contributed by atoms with Gasteiger partial charge in [0.05, 0.1) is 5.25 Å². The summed E-state index contributed by atoms with van der Waals surface area (Å²) in [7, 11) is -4.12. The molecule has 0 aromatic carbocycles. The highest BCUT2D eigenvalue weighted by molar-refractivity contribution is 7.86. The van der Waals surface area contributed by atoms with Gasteiger partial charge < -0.3 is 0 Å². The minimum atomic E-state index is -4.12. The molecule has 1 N–H and O–H groups in total. The monoisotopic (exact) mass is 220 g/mol. The molecule has 0 rings (SSSR count). The SMILES string of the molecule is C=C(C)C(=O)CC(CCC)S(=O)(=O)O. The zero-order valence-electron chi connectivity index (χ0n) is 8.49. The topological polar surface area (TPSA) is 71.4 Å². The van der Waals surface area contributed by atoms with Gasteiger partial charge in [-0.25, -0.2) is 0 Å². The van der Waals surface area contributed by atoms with E-state index in [4.69, 9.17) is 4.55 Å². The zero-order valence-corrected chi connectivity index (χ0v) is 9.30. The second kappa shape index (κ2) is 5.26. The number of carbonyl (C=O) groups is 1. The van der Waals surface area contributed by atoms with Crippen LogP contribution in [-0.4, -0.2) is 24.0 Å². The van der Waals surface area contributed by atoms with Crippen LogP contribution in [0, 0.1) is 0 Å². The summed E-state index contributed by atoms with van der Waals surface area (Å²) in [6.07, 6.45) is 0.716. The molecule has 0 radical (unpaired) electrons. The highest BCUT2D eigenvalue weighted by Gasteiger charge is 2.24. The molecule has 82 valence electrons. The summed E-state index contributed by atoms with van der Waals surface area (Å²) < 4.78 is 30.5. The van der Waals surface area contributed by atoms with Crippen molar-refractivity contribution in [2.45, 2.75) is 38.4 Å². The van der Waals surface area contributed by atoms with Gasteiger partial charge in [-0.3, -0.25) is 9.35 Å². The quantitative estimate of drug-likeness (QED) is 0.545. The van der Waals surface area contributed by atoms with Crippen LogP contribution in [0.3, 0.4) is 0 Å². The normalized spacial score (nSPS) is 13.6. The molecule has 5 heteroatoms. The molecule has 0 bridgehead atoms. The molecule has 0 saturated heterocycles. The van der Waals surface area contributed by atoms with Gasteiger partial charge in [0.25, 0.3) is 10.1 Å². The molecule has 0 amide bonds. The first-order chi connectivity index (χ1) is 6.29. The first-order valence-corrected chi connectivity index (χ1v) is 5.94. The zero-order chi connectivity index (χ0) is 11.4. The summed E-state index contributed by atoms with van der Waals surface area (Å²) in [4.78, 5) is 11.2. The van der Waals surface area contributed by atoms with Crippen molar-refractivity contribution < 1.29 is 17.8 Å². The second-order valence-electron chi connectivity index (χ2n) is 3.33. The molecule has 0 saturated carbocycles. The smallest absolute Gasteiger partial charge is 0.268 e. The molecule has 1 atom stereocenters. The summed E-state index contributed by atoms with van der Waals surface area (Å²) in [6.45, 7) is 6.74. The lowest BCUT2D eigenvalue weighted by atomic mass is 10.1. The third-order valence-corrected chi connectivity index (χ3v) is 3.17. The Kier molecular flexibility index (Phi) is 5.01. The number of rotatable bonds is 6. The van der Waals surface area contributed by atoms with Crippen LogP contribution in [0.25, 0.3) is 0 Å². The fourth-order valence-corrected chi connectivity index (χ4v) is 1.95. The highest BCUT2D eigenvalue weighted by atomic mass is 32.2. The van der Waals surface area contributed by atoms with E-state index in [0.717, 1.165) is 0 Å². The van der Waals surface area contributed by atoms with Crippen LogP contribution in [0.15, 0.2) is 12.2 Å². The van der Waals surface area contributed by atoms with E-state index in [0.29, 0.717) is 12.0 Å². The van der Waals surface area contributed by atoms with Gasteiger partial charge in [-0.15, -0.1) is 0 Å². The number of hydrogen-bond acceptors (Lipinski definition) is 3. The molecule has 0 spiro atoms. The summed E-state index contributed by atoms with van der Waals surface area (Å²) in [5.41, 5.74) is 0.315. The van der Waals surface area contributed by atoms with E-state index in [1.807, 2.05) is 0 Å². The maximum atomic E-state index is 11.2. The Morgan fingerprint density at radius 3 is 2.29 bits per heavy atom. The Hall–Kier alpha value is -0.680. The van der Waals surface area contributed by atoms with Gasteiger partial charge in [-0.1, -0.05) is 19.9 Å². The van der Waals surface area contributed by atoms with E-state index in [1.54, 1.807) is 6.92 Å². The number of hydrogen-bond donors (Lipinski definition) is 1.